The van der Waals surface area contributed by atoms with Crippen LogP contribution in [0.1, 0.15) is 27.8 Å². The highest BCUT2D eigenvalue weighted by Gasteiger charge is 2.44. The Morgan fingerprint density at radius 1 is 0.788 bits per heavy atom. The molecule has 1 aliphatic rings. The van der Waals surface area contributed by atoms with Gasteiger partial charge in [-0.2, -0.15) is 0 Å². The van der Waals surface area contributed by atoms with E-state index in [0.29, 0.717) is 32.4 Å². The smallest absolute Gasteiger partial charge is 0.346 e. The fourth-order valence-corrected chi connectivity index (χ4v) is 5.45. The molecule has 0 radical (unpaired) electrons. The van der Waals surface area contributed by atoms with E-state index in [9.17, 15) is 19.8 Å². The van der Waals surface area contributed by atoms with Crippen molar-refractivity contribution in [3.8, 4) is 11.5 Å². The van der Waals surface area contributed by atoms with Crippen LogP contribution in [0.4, 0.5) is 0 Å². The molecule has 6 nitrogen and oxygen atoms in total. The molecule has 0 spiro atoms. The second-order valence-corrected chi connectivity index (χ2v) is 9.39. The quantitative estimate of drug-likeness (QED) is 0.366. The predicted octanol–water partition coefficient (Wildman–Crippen LogP) is 5.31. The van der Waals surface area contributed by atoms with Gasteiger partial charge in [-0.05, 0) is 41.9 Å². The minimum absolute atomic E-state index is 0.428. The lowest BCUT2D eigenvalue weighted by Gasteiger charge is -2.33. The average Bonchev–Trinajstić information content (AvgIpc) is 3.54. The van der Waals surface area contributed by atoms with Crippen LogP contribution < -0.4 is 4.74 Å². The van der Waals surface area contributed by atoms with Crippen LogP contribution in [0.25, 0.3) is 0 Å². The average molecular weight is 481 g/mol. The summed E-state index contributed by atoms with van der Waals surface area (Å²) < 4.78 is 5.76. The summed E-state index contributed by atoms with van der Waals surface area (Å²) in [5, 5.41) is 32.5. The standard InChI is InChI=1S/C15H12O3.C10H8O3S2/c1-15(14(16)17)10-6-2-4-8-12(10)18-13-9-5-3-7-11(13)15;11-9(12)10(13,7-3-1-5-14-7)8-4-2-6-15-8/h2-9H,1H3,(H,16,17);1-6,13H,(H,11,12). The van der Waals surface area contributed by atoms with Gasteiger partial charge in [0, 0.05) is 11.1 Å². The highest BCUT2D eigenvalue weighted by atomic mass is 32.1. The third-order valence-corrected chi connectivity index (χ3v) is 7.52. The number of carbonyl (C=O) groups is 2. The summed E-state index contributed by atoms with van der Waals surface area (Å²) in [6.45, 7) is 1.72. The molecule has 0 fully saturated rings. The van der Waals surface area contributed by atoms with Crippen molar-refractivity contribution in [2.45, 2.75) is 17.9 Å². The molecule has 3 heterocycles. The van der Waals surface area contributed by atoms with Gasteiger partial charge >= 0.3 is 11.9 Å². The molecular weight excluding hydrogens is 460 g/mol. The summed E-state index contributed by atoms with van der Waals surface area (Å²) in [5.74, 6) is -0.889. The number of ether oxygens (including phenoxy) is 1. The van der Waals surface area contributed by atoms with Crippen molar-refractivity contribution < 1.29 is 29.6 Å². The lowest BCUT2D eigenvalue weighted by molar-refractivity contribution is -0.154. The lowest BCUT2D eigenvalue weighted by Crippen LogP contribution is -2.36. The largest absolute Gasteiger partial charge is 0.480 e. The Kier molecular flexibility index (Phi) is 6.07. The number of rotatable bonds is 4. The monoisotopic (exact) mass is 480 g/mol. The minimum atomic E-state index is -1.90. The third kappa shape index (κ3) is 3.82. The summed E-state index contributed by atoms with van der Waals surface area (Å²) in [7, 11) is 0. The Morgan fingerprint density at radius 3 is 1.61 bits per heavy atom. The van der Waals surface area contributed by atoms with Crippen LogP contribution in [0.5, 0.6) is 11.5 Å². The molecule has 0 saturated carbocycles. The van der Waals surface area contributed by atoms with Gasteiger partial charge in [0.2, 0.25) is 5.60 Å². The zero-order valence-electron chi connectivity index (χ0n) is 17.5. The van der Waals surface area contributed by atoms with Crippen LogP contribution in [0.3, 0.4) is 0 Å². The lowest BCUT2D eigenvalue weighted by atomic mass is 9.74. The minimum Gasteiger partial charge on any atom is -0.480 e. The maximum absolute atomic E-state index is 11.7. The Bertz CT molecular complexity index is 1200. The zero-order chi connectivity index (χ0) is 23.6. The Labute approximate surface area is 198 Å². The normalized spacial score (nSPS) is 13.5. The molecule has 0 atom stereocenters. The van der Waals surface area contributed by atoms with Gasteiger partial charge < -0.3 is 20.1 Å². The van der Waals surface area contributed by atoms with Gasteiger partial charge in [0.05, 0.1) is 9.75 Å². The number of aliphatic carboxylic acids is 2. The zero-order valence-corrected chi connectivity index (χ0v) is 19.1. The van der Waals surface area contributed by atoms with Crippen LogP contribution in [0, 0.1) is 0 Å². The van der Waals surface area contributed by atoms with Gasteiger partial charge in [-0.3, -0.25) is 4.79 Å². The number of hydrogen-bond donors (Lipinski definition) is 3. The number of fused-ring (bicyclic) bond motifs is 2. The first-order valence-corrected chi connectivity index (χ1v) is 11.7. The van der Waals surface area contributed by atoms with Gasteiger partial charge in [-0.25, -0.2) is 4.79 Å². The van der Waals surface area contributed by atoms with Crippen molar-refractivity contribution in [3.05, 3.63) is 104 Å². The second-order valence-electron chi connectivity index (χ2n) is 7.49. The molecule has 0 unspecified atom stereocenters. The molecule has 2 aromatic carbocycles. The molecule has 5 rings (SSSR count). The summed E-state index contributed by atoms with van der Waals surface area (Å²) in [4.78, 5) is 23.8. The molecule has 33 heavy (non-hydrogen) atoms. The number of aliphatic hydroxyl groups is 1. The van der Waals surface area contributed by atoms with Crippen LogP contribution >= 0.6 is 22.7 Å². The number of carboxylic acids is 2. The first kappa shape index (κ1) is 22.7. The van der Waals surface area contributed by atoms with Crippen molar-refractivity contribution in [2.24, 2.45) is 0 Å². The molecule has 168 valence electrons. The molecule has 0 saturated heterocycles. The predicted molar refractivity (Wildman–Crippen MR) is 126 cm³/mol. The number of para-hydroxylation sites is 2. The summed E-state index contributed by atoms with van der Waals surface area (Å²) >= 11 is 2.46. The van der Waals surface area contributed by atoms with Crippen LogP contribution in [-0.4, -0.2) is 27.3 Å². The van der Waals surface area contributed by atoms with Crippen molar-refractivity contribution in [1.82, 2.24) is 0 Å². The Hall–Kier alpha value is -3.46. The molecule has 4 aromatic rings. The maximum atomic E-state index is 11.7. The molecular formula is C25H20O6S2. The van der Waals surface area contributed by atoms with E-state index in [1.165, 1.54) is 22.7 Å². The van der Waals surface area contributed by atoms with Crippen LogP contribution in [-0.2, 0) is 20.6 Å². The van der Waals surface area contributed by atoms with Crippen molar-refractivity contribution in [3.63, 3.8) is 0 Å². The Morgan fingerprint density at radius 2 is 1.24 bits per heavy atom. The van der Waals surface area contributed by atoms with E-state index >= 15 is 0 Å². The van der Waals surface area contributed by atoms with Gasteiger partial charge in [0.1, 0.15) is 16.9 Å². The van der Waals surface area contributed by atoms with Gasteiger partial charge in [-0.15, -0.1) is 22.7 Å². The number of thiophene rings is 2. The van der Waals surface area contributed by atoms with Crippen LogP contribution in [0.15, 0.2) is 83.6 Å². The molecule has 8 heteroatoms. The van der Waals surface area contributed by atoms with Gasteiger partial charge in [0.15, 0.2) is 0 Å². The third-order valence-electron chi connectivity index (χ3n) is 5.56. The first-order valence-electron chi connectivity index (χ1n) is 9.93. The van der Waals surface area contributed by atoms with E-state index in [2.05, 4.69) is 0 Å². The molecule has 0 bridgehead atoms. The molecule has 0 amide bonds. The first-order chi connectivity index (χ1) is 15.8. The summed E-state index contributed by atoms with van der Waals surface area (Å²) in [6, 6.07) is 21.2. The Balaban J connectivity index is 0.000000160. The molecule has 1 aliphatic heterocycles. The summed E-state index contributed by atoms with van der Waals surface area (Å²) in [6.07, 6.45) is 0. The van der Waals surface area contributed by atoms with E-state index < -0.39 is 23.0 Å². The number of hydrogen-bond acceptors (Lipinski definition) is 6. The van der Waals surface area contributed by atoms with E-state index in [0.717, 1.165) is 0 Å². The van der Waals surface area contributed by atoms with Crippen molar-refractivity contribution in [1.29, 1.82) is 0 Å². The highest BCUT2D eigenvalue weighted by molar-refractivity contribution is 7.12. The molecule has 2 aromatic heterocycles. The fraction of sp³-hybridized carbons (Fsp3) is 0.120. The maximum Gasteiger partial charge on any atom is 0.346 e. The van der Waals surface area contributed by atoms with Gasteiger partial charge in [-0.1, -0.05) is 48.5 Å². The number of benzene rings is 2. The van der Waals surface area contributed by atoms with E-state index in [1.54, 1.807) is 66.2 Å². The fourth-order valence-electron chi connectivity index (χ4n) is 3.73. The van der Waals surface area contributed by atoms with Crippen molar-refractivity contribution >= 4 is 34.6 Å². The van der Waals surface area contributed by atoms with E-state index in [1.807, 2.05) is 24.3 Å². The SMILES string of the molecule is CC1(C(=O)O)c2ccccc2Oc2ccccc21.O=C(O)C(O)(c1cccs1)c1cccs1. The number of carboxylic acid groups (broad SMARTS) is 2. The topological polar surface area (TPSA) is 104 Å². The molecule has 0 aliphatic carbocycles. The van der Waals surface area contributed by atoms with E-state index in [4.69, 9.17) is 9.84 Å². The highest BCUT2D eigenvalue weighted by Crippen LogP contribution is 2.47. The van der Waals surface area contributed by atoms with E-state index in [-0.39, 0.29) is 0 Å². The van der Waals surface area contributed by atoms with Crippen LogP contribution in [0.2, 0.25) is 0 Å². The van der Waals surface area contributed by atoms with Crippen molar-refractivity contribution in [2.75, 3.05) is 0 Å². The summed E-state index contributed by atoms with van der Waals surface area (Å²) in [5.41, 5.74) is -1.58. The van der Waals surface area contributed by atoms with Gasteiger partial charge in [0.25, 0.3) is 0 Å². The second kappa shape index (κ2) is 8.82. The molecule has 3 N–H and O–H groups in total.